The fourth-order valence-electron chi connectivity index (χ4n) is 5.17. The molecular formula is C26H25IN10O5S2. The third-order valence-corrected chi connectivity index (χ3v) is 12.2. The second kappa shape index (κ2) is 12.8. The van der Waals surface area contributed by atoms with Gasteiger partial charge in [-0.2, -0.15) is 5.21 Å². The number of nitrogens with zero attached hydrogens (tertiary/aromatic N) is 9. The van der Waals surface area contributed by atoms with E-state index in [9.17, 15) is 19.6 Å². The number of aromatic amines is 1. The average Bonchev–Trinajstić information content (AvgIpc) is 3.75. The quantitative estimate of drug-likeness (QED) is 0.0457. The van der Waals surface area contributed by atoms with E-state index >= 15 is 0 Å². The van der Waals surface area contributed by atoms with Crippen molar-refractivity contribution in [1.29, 1.82) is 0 Å². The lowest BCUT2D eigenvalue weighted by atomic mass is 9.83. The number of ether oxygens (including phenoxy) is 1. The zero-order valence-electron chi connectivity index (χ0n) is 23.0. The molecule has 0 aliphatic carbocycles. The molecule has 44 heavy (non-hydrogen) atoms. The van der Waals surface area contributed by atoms with Gasteiger partial charge in [0.25, 0.3) is 11.8 Å². The Kier molecular flexibility index (Phi) is 8.83. The minimum atomic E-state index is -1.24. The lowest BCUT2D eigenvalue weighted by Crippen LogP contribution is -2.75. The van der Waals surface area contributed by atoms with Gasteiger partial charge in [0.05, 0.1) is 3.26 Å². The molecule has 0 radical (unpaired) electrons. The van der Waals surface area contributed by atoms with Gasteiger partial charge in [-0.1, -0.05) is 102 Å². The maximum absolute atomic E-state index is 14.6. The number of rotatable bonds is 10. The molecule has 2 amide bonds. The minimum Gasteiger partial charge on any atom is -0.452 e. The SMILES string of the molecule is CC(Sc1nn[nH]n1)C1(C(=O)OC(c2ccccc2)c2ccccc2)CN2C(=O)C(N(O)C(=O)Cn3cnnn3)[C@H]2SC1I. The number of nitrogens with one attached hydrogen (secondary N) is 1. The molecule has 2 aromatic carbocycles. The molecule has 2 N–H and O–H groups in total. The van der Waals surface area contributed by atoms with Crippen LogP contribution >= 0.6 is 46.1 Å². The highest BCUT2D eigenvalue weighted by atomic mass is 127. The maximum atomic E-state index is 14.6. The molecule has 2 fully saturated rings. The summed E-state index contributed by atoms with van der Waals surface area (Å²) in [5.74, 6) is -1.74. The van der Waals surface area contributed by atoms with E-state index in [1.807, 2.05) is 67.6 Å². The molecule has 4 aromatic rings. The number of hydrogen-bond acceptors (Lipinski definition) is 13. The van der Waals surface area contributed by atoms with Crippen LogP contribution in [-0.4, -0.2) is 100 Å². The van der Waals surface area contributed by atoms with Gasteiger partial charge >= 0.3 is 5.97 Å². The van der Waals surface area contributed by atoms with Gasteiger partial charge in [0.15, 0.2) is 12.1 Å². The first-order valence-electron chi connectivity index (χ1n) is 13.3. The number of carbonyl (C=O) groups is 3. The summed E-state index contributed by atoms with van der Waals surface area (Å²) in [6.45, 7) is 1.52. The van der Waals surface area contributed by atoms with Crippen LogP contribution in [0.4, 0.5) is 0 Å². The third-order valence-electron chi connectivity index (χ3n) is 7.56. The van der Waals surface area contributed by atoms with Crippen molar-refractivity contribution >= 4 is 63.9 Å². The van der Waals surface area contributed by atoms with Gasteiger partial charge in [-0.3, -0.25) is 19.6 Å². The van der Waals surface area contributed by atoms with Gasteiger partial charge < -0.3 is 9.64 Å². The van der Waals surface area contributed by atoms with E-state index in [4.69, 9.17) is 4.74 Å². The fourth-order valence-corrected chi connectivity index (χ4v) is 9.97. The predicted molar refractivity (Wildman–Crippen MR) is 164 cm³/mol. The van der Waals surface area contributed by atoms with Crippen molar-refractivity contribution in [3.63, 3.8) is 0 Å². The minimum absolute atomic E-state index is 0.0101. The van der Waals surface area contributed by atoms with Crippen molar-refractivity contribution in [2.45, 2.75) is 44.7 Å². The molecule has 5 atom stereocenters. The number of aromatic nitrogens is 8. The summed E-state index contributed by atoms with van der Waals surface area (Å²) >= 11 is 4.73. The number of tetrazole rings is 2. The third kappa shape index (κ3) is 5.66. The summed E-state index contributed by atoms with van der Waals surface area (Å²) in [5.41, 5.74) is 0.347. The highest BCUT2D eigenvalue weighted by molar-refractivity contribution is 14.1. The molecule has 228 valence electrons. The standard InChI is InChI=1S/C26H25IN10O5S2/c1-15(43-25-29-32-33-30-25)26(24(40)42-20(16-8-4-2-5-9-16)17-10-6-3-7-11-17)13-36-21(39)19(22(36)44-23(26)27)37(41)18(38)12-35-14-28-31-34-35/h2-11,14-15,19-20,22-23,41H,12-13H2,1H3,(H,29,30,32,33)/t15?,19?,22-,23?,26?/m1/s1. The van der Waals surface area contributed by atoms with Crippen LogP contribution in [-0.2, 0) is 25.7 Å². The van der Waals surface area contributed by atoms with Gasteiger partial charge in [0, 0.05) is 11.8 Å². The topological polar surface area (TPSA) is 185 Å². The maximum Gasteiger partial charge on any atom is 0.317 e. The second-order valence-electron chi connectivity index (χ2n) is 10.1. The smallest absolute Gasteiger partial charge is 0.317 e. The Morgan fingerprint density at radius 2 is 1.89 bits per heavy atom. The van der Waals surface area contributed by atoms with Crippen molar-refractivity contribution in [2.24, 2.45) is 5.41 Å². The van der Waals surface area contributed by atoms with Gasteiger partial charge in [-0.15, -0.1) is 27.1 Å². The number of amides is 2. The van der Waals surface area contributed by atoms with Gasteiger partial charge in [-0.05, 0) is 26.8 Å². The normalized spacial score (nSPS) is 23.5. The number of carbonyl (C=O) groups excluding carboxylic acids is 3. The Morgan fingerprint density at radius 1 is 1.20 bits per heavy atom. The molecular weight excluding hydrogens is 723 g/mol. The van der Waals surface area contributed by atoms with Crippen LogP contribution in [0.25, 0.3) is 0 Å². The number of alkyl halides is 1. The summed E-state index contributed by atoms with van der Waals surface area (Å²) in [4.78, 5) is 42.3. The van der Waals surface area contributed by atoms with Gasteiger partial charge in [-0.25, -0.2) is 9.75 Å². The molecule has 4 heterocycles. The highest BCUT2D eigenvalue weighted by Gasteiger charge is 2.65. The second-order valence-corrected chi connectivity index (χ2v) is 14.7. The van der Waals surface area contributed by atoms with E-state index in [1.54, 1.807) is 0 Å². The number of thioether (sulfide) groups is 2. The zero-order valence-corrected chi connectivity index (χ0v) is 26.7. The molecule has 0 spiro atoms. The molecule has 15 nitrogen and oxygen atoms in total. The van der Waals surface area contributed by atoms with Crippen LogP contribution in [0.2, 0.25) is 0 Å². The zero-order chi connectivity index (χ0) is 30.8. The first kappa shape index (κ1) is 30.4. The lowest BCUT2D eigenvalue weighted by molar-refractivity contribution is -0.203. The van der Waals surface area contributed by atoms with Crippen LogP contribution in [0.15, 0.2) is 72.1 Å². The number of hydroxylamine groups is 2. The van der Waals surface area contributed by atoms with Gasteiger partial charge in [0.2, 0.25) is 5.16 Å². The van der Waals surface area contributed by atoms with Crippen LogP contribution < -0.4 is 0 Å². The van der Waals surface area contributed by atoms with Crippen LogP contribution in [0, 0.1) is 5.41 Å². The Labute approximate surface area is 272 Å². The largest absolute Gasteiger partial charge is 0.452 e. The van der Waals surface area contributed by atoms with E-state index in [0.29, 0.717) is 10.2 Å². The van der Waals surface area contributed by atoms with Crippen molar-refractivity contribution in [1.82, 2.24) is 50.8 Å². The van der Waals surface area contributed by atoms with Crippen LogP contribution in [0.3, 0.4) is 0 Å². The lowest BCUT2D eigenvalue weighted by Gasteiger charge is -2.57. The highest BCUT2D eigenvalue weighted by Crippen LogP contribution is 2.55. The summed E-state index contributed by atoms with van der Waals surface area (Å²) in [7, 11) is 0. The molecule has 2 saturated heterocycles. The molecule has 0 bridgehead atoms. The summed E-state index contributed by atoms with van der Waals surface area (Å²) in [5, 5.41) is 35.2. The van der Waals surface area contributed by atoms with Crippen molar-refractivity contribution in [3.05, 3.63) is 78.1 Å². The number of fused-ring (bicyclic) bond motifs is 1. The number of H-pyrrole nitrogens is 1. The number of halogens is 1. The summed E-state index contributed by atoms with van der Waals surface area (Å²) < 4.78 is 7.08. The van der Waals surface area contributed by atoms with E-state index in [2.05, 4.69) is 58.7 Å². The first-order valence-corrected chi connectivity index (χ1v) is 16.4. The Balaban J connectivity index is 1.29. The summed E-state index contributed by atoms with van der Waals surface area (Å²) in [6.07, 6.45) is 0.532. The van der Waals surface area contributed by atoms with Crippen LogP contribution in [0.1, 0.15) is 24.2 Å². The molecule has 0 saturated carbocycles. The van der Waals surface area contributed by atoms with E-state index in [1.165, 1.54) is 34.8 Å². The molecule has 2 aliphatic heterocycles. The monoisotopic (exact) mass is 748 g/mol. The molecule has 6 rings (SSSR count). The average molecular weight is 749 g/mol. The van der Waals surface area contributed by atoms with Crippen molar-refractivity contribution in [3.8, 4) is 0 Å². The predicted octanol–water partition coefficient (Wildman–Crippen LogP) is 1.95. The molecule has 2 aliphatic rings. The Morgan fingerprint density at radius 3 is 2.48 bits per heavy atom. The number of esters is 1. The fraction of sp³-hybridized carbons (Fsp3) is 0.346. The van der Waals surface area contributed by atoms with Crippen molar-refractivity contribution < 1.29 is 24.3 Å². The first-order chi connectivity index (χ1) is 21.3. The number of β-lactam (4-membered cyclic amide) rings is 1. The summed E-state index contributed by atoms with van der Waals surface area (Å²) in [6, 6.07) is 17.8. The van der Waals surface area contributed by atoms with E-state index in [-0.39, 0.29) is 13.1 Å². The molecule has 2 aromatic heterocycles. The van der Waals surface area contributed by atoms with Gasteiger partial charge in [0.1, 0.15) is 23.7 Å². The number of benzene rings is 2. The molecule has 18 heteroatoms. The van der Waals surface area contributed by atoms with Crippen molar-refractivity contribution in [2.75, 3.05) is 6.54 Å². The van der Waals surface area contributed by atoms with E-state index in [0.717, 1.165) is 15.8 Å². The number of hydrogen-bond donors (Lipinski definition) is 2. The Hall–Kier alpha value is -3.62. The van der Waals surface area contributed by atoms with E-state index < -0.39 is 49.2 Å². The van der Waals surface area contributed by atoms with Crippen LogP contribution in [0.5, 0.6) is 0 Å². The Bertz CT molecular complexity index is 1560. The molecule has 4 unspecified atom stereocenters.